The molecule has 198 valence electrons. The number of amides is 2. The summed E-state index contributed by atoms with van der Waals surface area (Å²) in [6, 6.07) is 3.26. The Balaban J connectivity index is 2.20. The monoisotopic (exact) mass is 513 g/mol. The average Bonchev–Trinajstić information content (AvgIpc) is 3.04. The van der Waals surface area contributed by atoms with E-state index in [1.807, 2.05) is 25.7 Å². The van der Waals surface area contributed by atoms with Crippen molar-refractivity contribution in [1.82, 2.24) is 10.6 Å². The number of hydrogen-bond acceptors (Lipinski definition) is 6. The van der Waals surface area contributed by atoms with Crippen LogP contribution < -0.4 is 15.5 Å². The number of rotatable bonds is 9. The molecule has 1 aliphatic rings. The Labute approximate surface area is 208 Å². The van der Waals surface area contributed by atoms with Crippen LogP contribution in [0.15, 0.2) is 18.2 Å². The van der Waals surface area contributed by atoms with Crippen molar-refractivity contribution < 1.29 is 27.1 Å². The number of benzene rings is 1. The maximum atomic E-state index is 13.6. The van der Waals surface area contributed by atoms with E-state index in [-0.39, 0.29) is 23.4 Å². The molecule has 1 aromatic rings. The van der Waals surface area contributed by atoms with Gasteiger partial charge in [0.25, 0.3) is 0 Å². The van der Waals surface area contributed by atoms with Gasteiger partial charge in [0.15, 0.2) is 0 Å². The number of nitrogens with zero attached hydrogens (tertiary/aromatic N) is 1. The van der Waals surface area contributed by atoms with E-state index >= 15 is 0 Å². The zero-order chi connectivity index (χ0) is 26.6. The molecule has 1 heterocycles. The Morgan fingerprint density at radius 2 is 1.80 bits per heavy atom. The highest BCUT2D eigenvalue weighted by atomic mass is 32.2. The first-order chi connectivity index (χ1) is 15.9. The first kappa shape index (κ1) is 28.9. The number of carbonyl (C=O) groups excluding carboxylic acids is 2. The zero-order valence-electron chi connectivity index (χ0n) is 21.9. The molecule has 0 aliphatic carbocycles. The van der Waals surface area contributed by atoms with Crippen LogP contribution in [0.1, 0.15) is 59.9 Å². The second-order valence-electron chi connectivity index (χ2n) is 11.6. The highest BCUT2D eigenvalue weighted by molar-refractivity contribution is 7.90. The minimum absolute atomic E-state index is 0.0918. The van der Waals surface area contributed by atoms with Crippen molar-refractivity contribution in [3.63, 3.8) is 0 Å². The van der Waals surface area contributed by atoms with Crippen LogP contribution in [0.2, 0.25) is 0 Å². The fraction of sp³-hybridized carbons (Fsp3) is 0.680. The summed E-state index contributed by atoms with van der Waals surface area (Å²) < 4.78 is 42.7. The Kier molecular flexibility index (Phi) is 9.19. The van der Waals surface area contributed by atoms with Crippen molar-refractivity contribution in [1.29, 1.82) is 0 Å². The molecule has 1 aliphatic heterocycles. The number of anilines is 1. The molecular formula is C25H40FN3O5S. The molecule has 1 aromatic carbocycles. The summed E-state index contributed by atoms with van der Waals surface area (Å²) in [5.41, 5.74) is 0.781. The fourth-order valence-corrected chi connectivity index (χ4v) is 4.75. The van der Waals surface area contributed by atoms with E-state index < -0.39 is 39.5 Å². The van der Waals surface area contributed by atoms with Crippen molar-refractivity contribution in [3.05, 3.63) is 29.6 Å². The molecule has 0 spiro atoms. The summed E-state index contributed by atoms with van der Waals surface area (Å²) >= 11 is 0. The minimum atomic E-state index is -3.25. The second kappa shape index (κ2) is 11.1. The van der Waals surface area contributed by atoms with E-state index in [9.17, 15) is 22.4 Å². The third-order valence-electron chi connectivity index (χ3n) is 5.48. The van der Waals surface area contributed by atoms with Crippen molar-refractivity contribution in [2.45, 2.75) is 78.5 Å². The number of halogens is 1. The summed E-state index contributed by atoms with van der Waals surface area (Å²) in [6.07, 6.45) is 1.72. The maximum Gasteiger partial charge on any atom is 0.408 e. The molecule has 2 rings (SSSR count). The van der Waals surface area contributed by atoms with Gasteiger partial charge >= 0.3 is 6.09 Å². The Hall–Kier alpha value is -2.36. The molecule has 0 saturated carbocycles. The lowest BCUT2D eigenvalue weighted by atomic mass is 9.87. The summed E-state index contributed by atoms with van der Waals surface area (Å²) in [6.45, 7) is 12.1. The molecule has 0 bridgehead atoms. The number of fused-ring (bicyclic) bond motifs is 1. The molecule has 0 aromatic heterocycles. The van der Waals surface area contributed by atoms with Crippen LogP contribution in [0.5, 0.6) is 0 Å². The van der Waals surface area contributed by atoms with Gasteiger partial charge in [-0.1, -0.05) is 20.8 Å². The molecule has 35 heavy (non-hydrogen) atoms. The van der Waals surface area contributed by atoms with Crippen LogP contribution in [0, 0.1) is 11.2 Å². The zero-order valence-corrected chi connectivity index (χ0v) is 22.7. The van der Waals surface area contributed by atoms with Crippen LogP contribution in [0.25, 0.3) is 0 Å². The Bertz CT molecular complexity index is 1010. The number of ether oxygens (including phenoxy) is 1. The summed E-state index contributed by atoms with van der Waals surface area (Å²) in [5, 5.41) is 5.64. The maximum absolute atomic E-state index is 13.6. The quantitative estimate of drug-likeness (QED) is 0.524. The molecule has 0 radical (unpaired) electrons. The van der Waals surface area contributed by atoms with Gasteiger partial charge in [0.2, 0.25) is 5.91 Å². The summed E-state index contributed by atoms with van der Waals surface area (Å²) in [7, 11) is -3.25. The average molecular weight is 514 g/mol. The van der Waals surface area contributed by atoms with Gasteiger partial charge < -0.3 is 20.3 Å². The van der Waals surface area contributed by atoms with Gasteiger partial charge in [-0.05, 0) is 69.2 Å². The first-order valence-corrected chi connectivity index (χ1v) is 14.0. The van der Waals surface area contributed by atoms with E-state index in [4.69, 9.17) is 4.74 Å². The highest BCUT2D eigenvalue weighted by Crippen LogP contribution is 2.29. The van der Waals surface area contributed by atoms with Gasteiger partial charge in [0.05, 0.1) is 5.75 Å². The van der Waals surface area contributed by atoms with Crippen molar-refractivity contribution in [3.8, 4) is 0 Å². The van der Waals surface area contributed by atoms with Crippen LogP contribution in [-0.2, 0) is 25.8 Å². The topological polar surface area (TPSA) is 105 Å². The van der Waals surface area contributed by atoms with Crippen LogP contribution in [0.4, 0.5) is 14.9 Å². The SMILES string of the molecule is CC(C)(C)CC(NC(=O)OC(C)(C)C)C(=O)N[C@@H](CCS(C)(=O)=O)CN1CCc2cc(F)ccc21. The number of nitrogens with one attached hydrogen (secondary N) is 2. The van der Waals surface area contributed by atoms with Gasteiger partial charge in [-0.3, -0.25) is 4.79 Å². The predicted octanol–water partition coefficient (Wildman–Crippen LogP) is 3.44. The largest absolute Gasteiger partial charge is 0.444 e. The minimum Gasteiger partial charge on any atom is -0.444 e. The third-order valence-corrected chi connectivity index (χ3v) is 6.46. The molecule has 0 fully saturated rings. The molecule has 8 nitrogen and oxygen atoms in total. The van der Waals surface area contributed by atoms with E-state index in [0.29, 0.717) is 25.9 Å². The lowest BCUT2D eigenvalue weighted by Crippen LogP contribution is -2.54. The van der Waals surface area contributed by atoms with Crippen molar-refractivity contribution in [2.24, 2.45) is 5.41 Å². The Morgan fingerprint density at radius 3 is 2.37 bits per heavy atom. The van der Waals surface area contributed by atoms with Crippen LogP contribution in [0.3, 0.4) is 0 Å². The molecule has 1 unspecified atom stereocenters. The van der Waals surface area contributed by atoms with E-state index in [1.165, 1.54) is 12.1 Å². The van der Waals surface area contributed by atoms with Gasteiger partial charge in [-0.15, -0.1) is 0 Å². The summed E-state index contributed by atoms with van der Waals surface area (Å²) in [4.78, 5) is 27.8. The molecule has 0 saturated heterocycles. The van der Waals surface area contributed by atoms with Gasteiger partial charge in [0, 0.05) is 31.1 Å². The Morgan fingerprint density at radius 1 is 1.14 bits per heavy atom. The predicted molar refractivity (Wildman–Crippen MR) is 136 cm³/mol. The lowest BCUT2D eigenvalue weighted by Gasteiger charge is -2.31. The van der Waals surface area contributed by atoms with Crippen LogP contribution in [-0.4, -0.2) is 63.2 Å². The normalized spacial score (nSPS) is 15.8. The number of carbonyl (C=O) groups is 2. The fourth-order valence-electron chi connectivity index (χ4n) is 4.03. The second-order valence-corrected chi connectivity index (χ2v) is 13.8. The highest BCUT2D eigenvalue weighted by Gasteiger charge is 2.31. The molecule has 2 amide bonds. The van der Waals surface area contributed by atoms with Gasteiger partial charge in [0.1, 0.15) is 27.3 Å². The number of hydrogen-bond donors (Lipinski definition) is 2. The van der Waals surface area contributed by atoms with Crippen LogP contribution >= 0.6 is 0 Å². The molecule has 2 atom stereocenters. The smallest absolute Gasteiger partial charge is 0.408 e. The van der Waals surface area contributed by atoms with E-state index in [1.54, 1.807) is 26.8 Å². The molecule has 10 heteroatoms. The van der Waals surface area contributed by atoms with Gasteiger partial charge in [-0.25, -0.2) is 17.6 Å². The van der Waals surface area contributed by atoms with E-state index in [0.717, 1.165) is 17.5 Å². The van der Waals surface area contributed by atoms with E-state index in [2.05, 4.69) is 10.6 Å². The third kappa shape index (κ3) is 10.4. The van der Waals surface area contributed by atoms with Crippen molar-refractivity contribution >= 4 is 27.5 Å². The van der Waals surface area contributed by atoms with Gasteiger partial charge in [-0.2, -0.15) is 0 Å². The lowest BCUT2D eigenvalue weighted by molar-refractivity contribution is -0.124. The molecular weight excluding hydrogens is 473 g/mol. The summed E-state index contributed by atoms with van der Waals surface area (Å²) in [5.74, 6) is -0.792. The van der Waals surface area contributed by atoms with Crippen molar-refractivity contribution in [2.75, 3.05) is 30.0 Å². The number of sulfone groups is 1. The number of alkyl carbamates (subject to hydrolysis) is 1. The first-order valence-electron chi connectivity index (χ1n) is 11.9. The molecule has 2 N–H and O–H groups in total. The standard InChI is InChI=1S/C25H40FN3O5S/c1-24(2,3)15-20(28-23(31)34-25(4,5)6)22(30)27-19(11-13-35(7,32)33)16-29-12-10-17-14-18(26)8-9-21(17)29/h8-9,14,19-20H,10-13,15-16H2,1-7H3,(H,27,30)(H,28,31)/t19-,20?/m0/s1.